The molecule has 5 fully saturated rings. The molecular weight excluding hydrogens is 460 g/mol. The van der Waals surface area contributed by atoms with Gasteiger partial charge in [0.1, 0.15) is 0 Å². The lowest BCUT2D eigenvalue weighted by atomic mass is 9.52. The van der Waals surface area contributed by atoms with E-state index in [2.05, 4.69) is 25.5 Å². The number of sulfonamides is 1. The number of nitrogens with one attached hydrogen (secondary N) is 1. The van der Waals surface area contributed by atoms with Gasteiger partial charge in [0.15, 0.2) is 0 Å². The lowest BCUT2D eigenvalue weighted by Gasteiger charge is -2.54. The molecule has 4 aliphatic carbocycles. The Hall–Kier alpha value is -0.470. The van der Waals surface area contributed by atoms with Crippen LogP contribution in [0.5, 0.6) is 0 Å². The molecule has 2 N–H and O–H groups in total. The fourth-order valence-corrected chi connectivity index (χ4v) is 11.0. The molecule has 6 nitrogen and oxygen atoms in total. The Morgan fingerprint density at radius 3 is 2.69 bits per heavy atom. The van der Waals surface area contributed by atoms with Crippen molar-refractivity contribution in [3.05, 3.63) is 11.1 Å². The summed E-state index contributed by atoms with van der Waals surface area (Å²) in [7, 11) is -3.14. The number of hydrogen-bond donors (Lipinski definition) is 2. The van der Waals surface area contributed by atoms with Crippen LogP contribution in [-0.2, 0) is 14.8 Å². The van der Waals surface area contributed by atoms with Crippen molar-refractivity contribution in [2.75, 3.05) is 12.8 Å². The van der Waals surface area contributed by atoms with Gasteiger partial charge in [-0.25, -0.2) is 13.1 Å². The number of rotatable bonds is 2. The first-order valence-corrected chi connectivity index (χ1v) is 16.2. The van der Waals surface area contributed by atoms with E-state index < -0.39 is 10.0 Å². The fraction of sp³-hybridized carbons (Fsp3) is 0.929. The van der Waals surface area contributed by atoms with Gasteiger partial charge in [0.05, 0.1) is 24.0 Å². The van der Waals surface area contributed by atoms with Crippen molar-refractivity contribution < 1.29 is 18.4 Å². The van der Waals surface area contributed by atoms with Gasteiger partial charge in [-0.3, -0.25) is 0 Å². The first kappa shape index (κ1) is 24.8. The number of allylic oxidation sites excluding steroid dienone is 1. The summed E-state index contributed by atoms with van der Waals surface area (Å²) in [4.78, 5) is 0. The van der Waals surface area contributed by atoms with Crippen LogP contribution in [-0.4, -0.2) is 55.3 Å². The highest BCUT2D eigenvalue weighted by Gasteiger charge is 2.60. The molecule has 0 aromatic rings. The zero-order valence-corrected chi connectivity index (χ0v) is 22.9. The normalized spacial score (nSPS) is 50.4. The van der Waals surface area contributed by atoms with E-state index in [1.165, 1.54) is 31.9 Å². The van der Waals surface area contributed by atoms with Gasteiger partial charge in [0.25, 0.3) is 0 Å². The molecule has 10 atom stereocenters. The van der Waals surface area contributed by atoms with Gasteiger partial charge < -0.3 is 9.94 Å². The molecule has 3 saturated carbocycles. The van der Waals surface area contributed by atoms with Crippen LogP contribution in [0.3, 0.4) is 0 Å². The number of ether oxygens (including phenoxy) is 1. The van der Waals surface area contributed by atoms with E-state index in [-0.39, 0.29) is 23.8 Å². The molecule has 2 heterocycles. The van der Waals surface area contributed by atoms with E-state index >= 15 is 0 Å². The van der Waals surface area contributed by atoms with Gasteiger partial charge in [0, 0.05) is 18.5 Å². The zero-order chi connectivity index (χ0) is 24.8. The maximum Gasteiger partial charge on any atom is 0.208 e. The summed E-state index contributed by atoms with van der Waals surface area (Å²) < 4.78 is 33.5. The molecule has 0 amide bonds. The third-order valence-corrected chi connectivity index (χ3v) is 12.6. The van der Waals surface area contributed by atoms with E-state index in [1.54, 1.807) is 16.2 Å². The molecule has 7 heteroatoms. The Balaban J connectivity index is 1.23. The van der Waals surface area contributed by atoms with Crippen molar-refractivity contribution in [1.29, 1.82) is 0 Å². The number of piperidine rings is 1. The lowest BCUT2D eigenvalue weighted by molar-refractivity contribution is -0.166. The standard InChI is InChI=1S/C28H46N2O4S/c1-17-16-28(18(2)26-25(34-28)6-5-13-30(26)31)12-10-21-22-8-7-19-14-20(29-35(4,32)33)9-11-27(19,3)24(22)15-23(17)21/h18-22,24-26,29,31H,5-16H2,1-4H3/t18-,19-,20-,21+,22+,24+,25-,26+,27+,28+/m1/s1. The molecule has 198 valence electrons. The molecule has 0 unspecified atom stereocenters. The lowest BCUT2D eigenvalue weighted by Crippen LogP contribution is -2.50. The van der Waals surface area contributed by atoms with Crippen molar-refractivity contribution in [3.8, 4) is 0 Å². The molecular formula is C28H46N2O4S. The van der Waals surface area contributed by atoms with Gasteiger partial charge in [-0.2, -0.15) is 5.06 Å². The minimum absolute atomic E-state index is 0.114. The average molecular weight is 507 g/mol. The number of fused-ring (bicyclic) bond motifs is 6. The van der Waals surface area contributed by atoms with Gasteiger partial charge in [-0.05, 0) is 107 Å². The largest absolute Gasteiger partial charge is 0.369 e. The fourth-order valence-electron chi connectivity index (χ4n) is 10.2. The Morgan fingerprint density at radius 1 is 1.14 bits per heavy atom. The van der Waals surface area contributed by atoms with E-state index in [9.17, 15) is 13.6 Å². The molecule has 0 radical (unpaired) electrons. The van der Waals surface area contributed by atoms with Crippen LogP contribution in [0.2, 0.25) is 0 Å². The Bertz CT molecular complexity index is 997. The maximum absolute atomic E-state index is 11.8. The highest BCUT2D eigenvalue weighted by Crippen LogP contribution is 2.65. The molecule has 0 bridgehead atoms. The summed E-state index contributed by atoms with van der Waals surface area (Å²) >= 11 is 0. The molecule has 0 aromatic heterocycles. The second kappa shape index (κ2) is 8.52. The van der Waals surface area contributed by atoms with Crippen molar-refractivity contribution in [2.45, 2.75) is 115 Å². The van der Waals surface area contributed by atoms with Crippen molar-refractivity contribution >= 4 is 10.0 Å². The van der Waals surface area contributed by atoms with Crippen LogP contribution in [0.25, 0.3) is 0 Å². The third-order valence-electron chi connectivity index (χ3n) is 11.9. The number of nitrogens with zero attached hydrogens (tertiary/aromatic N) is 1. The Labute approximate surface area is 212 Å². The number of hydroxylamine groups is 2. The number of hydrogen-bond acceptors (Lipinski definition) is 5. The van der Waals surface area contributed by atoms with E-state index in [0.29, 0.717) is 23.2 Å². The molecule has 0 aromatic carbocycles. The van der Waals surface area contributed by atoms with Crippen LogP contribution < -0.4 is 4.72 Å². The van der Waals surface area contributed by atoms with Crippen molar-refractivity contribution in [1.82, 2.24) is 9.79 Å². The minimum Gasteiger partial charge on any atom is -0.369 e. The Morgan fingerprint density at radius 2 is 1.94 bits per heavy atom. The van der Waals surface area contributed by atoms with Crippen molar-refractivity contribution in [3.63, 3.8) is 0 Å². The van der Waals surface area contributed by atoms with Crippen LogP contribution in [0, 0.1) is 35.0 Å². The summed E-state index contributed by atoms with van der Waals surface area (Å²) in [6.07, 6.45) is 13.8. The third kappa shape index (κ3) is 3.98. The molecule has 1 spiro atoms. The molecule has 6 aliphatic rings. The highest BCUT2D eigenvalue weighted by atomic mass is 32.2. The quantitative estimate of drug-likeness (QED) is 0.522. The van der Waals surface area contributed by atoms with Crippen LogP contribution in [0.1, 0.15) is 91.4 Å². The molecule has 35 heavy (non-hydrogen) atoms. The first-order chi connectivity index (χ1) is 16.5. The smallest absolute Gasteiger partial charge is 0.208 e. The van der Waals surface area contributed by atoms with Crippen LogP contribution in [0.4, 0.5) is 0 Å². The molecule has 2 aliphatic heterocycles. The average Bonchev–Trinajstić information content (AvgIpc) is 3.24. The Kier molecular flexibility index (Phi) is 6.05. The summed E-state index contributed by atoms with van der Waals surface area (Å²) in [6, 6.07) is 0.264. The van der Waals surface area contributed by atoms with Gasteiger partial charge in [-0.15, -0.1) is 0 Å². The van der Waals surface area contributed by atoms with Crippen LogP contribution in [0.15, 0.2) is 11.1 Å². The van der Waals surface area contributed by atoms with Gasteiger partial charge >= 0.3 is 0 Å². The monoisotopic (exact) mass is 506 g/mol. The second-order valence-corrected chi connectivity index (χ2v) is 15.3. The predicted molar refractivity (Wildman–Crippen MR) is 136 cm³/mol. The van der Waals surface area contributed by atoms with E-state index in [1.807, 2.05) is 0 Å². The second-order valence-electron chi connectivity index (χ2n) is 13.5. The van der Waals surface area contributed by atoms with Gasteiger partial charge in [0.2, 0.25) is 10.0 Å². The first-order valence-electron chi connectivity index (χ1n) is 14.3. The SMILES string of the molecule is CC1=C2C[C@H]3[C@@H](CC[C@@H]4C[C@H](NS(C)(=O)=O)CC[C@@]43C)[C@@H]2CC[C@@]2(C1)O[C@@H]1CCCN(O)[C@H]1[C@H]2C. The van der Waals surface area contributed by atoms with Crippen molar-refractivity contribution in [2.24, 2.45) is 35.0 Å². The minimum atomic E-state index is -3.14. The topological polar surface area (TPSA) is 78.9 Å². The van der Waals surface area contributed by atoms with Gasteiger partial charge in [-0.1, -0.05) is 25.0 Å². The maximum atomic E-state index is 11.8. The molecule has 6 rings (SSSR count). The van der Waals surface area contributed by atoms with E-state index in [0.717, 1.165) is 63.3 Å². The summed E-state index contributed by atoms with van der Waals surface area (Å²) in [6.45, 7) is 8.03. The predicted octanol–water partition coefficient (Wildman–Crippen LogP) is 4.88. The zero-order valence-electron chi connectivity index (χ0n) is 22.1. The highest BCUT2D eigenvalue weighted by molar-refractivity contribution is 7.88. The van der Waals surface area contributed by atoms with E-state index in [4.69, 9.17) is 4.74 Å². The summed E-state index contributed by atoms with van der Waals surface area (Å²) in [5.41, 5.74) is 3.53. The summed E-state index contributed by atoms with van der Waals surface area (Å²) in [5, 5.41) is 12.2. The van der Waals surface area contributed by atoms with Crippen LogP contribution >= 0.6 is 0 Å². The summed E-state index contributed by atoms with van der Waals surface area (Å²) in [5.74, 6) is 3.18. The molecule has 2 saturated heterocycles.